The highest BCUT2D eigenvalue weighted by atomic mass is 32.1. The minimum atomic E-state index is 0.622. The topological polar surface area (TPSA) is 46.6 Å². The summed E-state index contributed by atoms with van der Waals surface area (Å²) in [6, 6.07) is 6.56. The van der Waals surface area contributed by atoms with Crippen LogP contribution in [-0.2, 0) is 6.42 Å². The standard InChI is InChI=1S/C16H20N4S/c1-11-8-12(2)10-13(9-11)19(3)15-14(4-5-17)20-6-7-21-16(20)18-15/h6-10H,4-5,17H2,1-3H3. The SMILES string of the molecule is Cc1cc(C)cc(N(C)c2nc3sccn3c2CCN)c1. The zero-order valence-electron chi connectivity index (χ0n) is 12.6. The minimum absolute atomic E-state index is 0.622. The Labute approximate surface area is 128 Å². The first-order valence-electron chi connectivity index (χ1n) is 7.06. The van der Waals surface area contributed by atoms with Gasteiger partial charge in [0.25, 0.3) is 0 Å². The summed E-state index contributed by atoms with van der Waals surface area (Å²) in [4.78, 5) is 7.95. The largest absolute Gasteiger partial charge is 0.330 e. The van der Waals surface area contributed by atoms with Crippen molar-refractivity contribution in [2.24, 2.45) is 5.73 Å². The Hall–Kier alpha value is -1.85. The van der Waals surface area contributed by atoms with E-state index in [-0.39, 0.29) is 0 Å². The summed E-state index contributed by atoms with van der Waals surface area (Å²) >= 11 is 1.65. The fraction of sp³-hybridized carbons (Fsp3) is 0.312. The van der Waals surface area contributed by atoms with Crippen LogP contribution in [0.15, 0.2) is 29.8 Å². The summed E-state index contributed by atoms with van der Waals surface area (Å²) in [6.07, 6.45) is 2.89. The van der Waals surface area contributed by atoms with E-state index in [0.717, 1.165) is 22.9 Å². The predicted molar refractivity (Wildman–Crippen MR) is 89.8 cm³/mol. The van der Waals surface area contributed by atoms with Crippen LogP contribution in [0.3, 0.4) is 0 Å². The normalized spacial score (nSPS) is 11.2. The van der Waals surface area contributed by atoms with E-state index in [4.69, 9.17) is 10.7 Å². The lowest BCUT2D eigenvalue weighted by molar-refractivity contribution is 0.902. The highest BCUT2D eigenvalue weighted by Crippen LogP contribution is 2.30. The van der Waals surface area contributed by atoms with Crippen molar-refractivity contribution < 1.29 is 0 Å². The first-order valence-corrected chi connectivity index (χ1v) is 7.94. The number of fused-ring (bicyclic) bond motifs is 1. The van der Waals surface area contributed by atoms with Crippen molar-refractivity contribution in [3.8, 4) is 0 Å². The van der Waals surface area contributed by atoms with E-state index in [2.05, 4.69) is 60.0 Å². The Balaban J connectivity index is 2.09. The minimum Gasteiger partial charge on any atom is -0.330 e. The Morgan fingerprint density at radius 3 is 2.62 bits per heavy atom. The summed E-state index contributed by atoms with van der Waals surface area (Å²) < 4.78 is 2.14. The molecule has 2 N–H and O–H groups in total. The van der Waals surface area contributed by atoms with E-state index in [1.165, 1.54) is 16.8 Å². The third-order valence-electron chi connectivity index (χ3n) is 3.63. The number of imidazole rings is 1. The molecule has 3 aromatic rings. The lowest BCUT2D eigenvalue weighted by Gasteiger charge is -2.19. The summed E-state index contributed by atoms with van der Waals surface area (Å²) in [6.45, 7) is 4.87. The van der Waals surface area contributed by atoms with Crippen LogP contribution in [-0.4, -0.2) is 23.0 Å². The number of rotatable bonds is 4. The van der Waals surface area contributed by atoms with Gasteiger partial charge in [-0.1, -0.05) is 6.07 Å². The van der Waals surface area contributed by atoms with Crippen molar-refractivity contribution in [2.45, 2.75) is 20.3 Å². The molecule has 2 aromatic heterocycles. The van der Waals surface area contributed by atoms with E-state index in [1.54, 1.807) is 11.3 Å². The average molecular weight is 300 g/mol. The number of aryl methyl sites for hydroxylation is 2. The first-order chi connectivity index (χ1) is 10.1. The third-order valence-corrected chi connectivity index (χ3v) is 4.39. The van der Waals surface area contributed by atoms with Gasteiger partial charge in [-0.05, 0) is 43.7 Å². The van der Waals surface area contributed by atoms with Gasteiger partial charge in [-0.2, -0.15) is 0 Å². The van der Waals surface area contributed by atoms with Crippen molar-refractivity contribution in [3.63, 3.8) is 0 Å². The molecule has 0 amide bonds. The van der Waals surface area contributed by atoms with Gasteiger partial charge in [0.2, 0.25) is 0 Å². The molecule has 3 rings (SSSR count). The van der Waals surface area contributed by atoms with E-state index in [0.29, 0.717) is 6.54 Å². The van der Waals surface area contributed by atoms with Crippen LogP contribution in [0.25, 0.3) is 4.96 Å². The molecule has 0 fully saturated rings. The number of nitrogens with zero attached hydrogens (tertiary/aromatic N) is 3. The first kappa shape index (κ1) is 14.1. The van der Waals surface area contributed by atoms with Gasteiger partial charge in [0.1, 0.15) is 0 Å². The summed E-state index contributed by atoms with van der Waals surface area (Å²) in [5.41, 5.74) is 10.6. The van der Waals surface area contributed by atoms with Crippen LogP contribution in [0.5, 0.6) is 0 Å². The van der Waals surface area contributed by atoms with Crippen molar-refractivity contribution >= 4 is 27.8 Å². The maximum absolute atomic E-state index is 5.78. The quantitative estimate of drug-likeness (QED) is 0.804. The molecule has 0 spiro atoms. The lowest BCUT2D eigenvalue weighted by Crippen LogP contribution is -2.14. The van der Waals surface area contributed by atoms with E-state index >= 15 is 0 Å². The zero-order valence-corrected chi connectivity index (χ0v) is 13.4. The molecule has 0 atom stereocenters. The molecule has 2 heterocycles. The number of hydrogen-bond acceptors (Lipinski definition) is 4. The second-order valence-electron chi connectivity index (χ2n) is 5.38. The van der Waals surface area contributed by atoms with Crippen molar-refractivity contribution in [1.29, 1.82) is 0 Å². The molecule has 0 unspecified atom stereocenters. The van der Waals surface area contributed by atoms with Gasteiger partial charge >= 0.3 is 0 Å². The van der Waals surface area contributed by atoms with Crippen LogP contribution in [0.2, 0.25) is 0 Å². The molecule has 4 nitrogen and oxygen atoms in total. The van der Waals surface area contributed by atoms with Crippen LogP contribution < -0.4 is 10.6 Å². The molecule has 0 saturated carbocycles. The monoisotopic (exact) mass is 300 g/mol. The van der Waals surface area contributed by atoms with Crippen molar-refractivity contribution in [3.05, 3.63) is 46.6 Å². The van der Waals surface area contributed by atoms with Crippen LogP contribution in [0, 0.1) is 13.8 Å². The fourth-order valence-corrected chi connectivity index (χ4v) is 3.45. The highest BCUT2D eigenvalue weighted by Gasteiger charge is 2.17. The molecule has 21 heavy (non-hydrogen) atoms. The number of hydrogen-bond donors (Lipinski definition) is 1. The third kappa shape index (κ3) is 2.54. The molecule has 0 saturated heterocycles. The molecule has 0 bridgehead atoms. The summed E-state index contributed by atoms with van der Waals surface area (Å²) in [5.74, 6) is 0.998. The van der Waals surface area contributed by atoms with E-state index in [1.807, 2.05) is 0 Å². The fourth-order valence-electron chi connectivity index (χ4n) is 2.73. The Bertz CT molecular complexity index is 752. The Kier molecular flexibility index (Phi) is 3.69. The molecule has 110 valence electrons. The number of anilines is 2. The molecule has 5 heteroatoms. The van der Waals surface area contributed by atoms with Gasteiger partial charge < -0.3 is 10.6 Å². The molecule has 0 aliphatic rings. The lowest BCUT2D eigenvalue weighted by atomic mass is 10.1. The van der Waals surface area contributed by atoms with Crippen molar-refractivity contribution in [1.82, 2.24) is 9.38 Å². The van der Waals surface area contributed by atoms with Crippen LogP contribution >= 0.6 is 11.3 Å². The van der Waals surface area contributed by atoms with E-state index < -0.39 is 0 Å². The van der Waals surface area contributed by atoms with Crippen LogP contribution in [0.4, 0.5) is 11.5 Å². The van der Waals surface area contributed by atoms with Crippen molar-refractivity contribution in [2.75, 3.05) is 18.5 Å². The smallest absolute Gasteiger partial charge is 0.195 e. The summed E-state index contributed by atoms with van der Waals surface area (Å²) in [7, 11) is 2.07. The van der Waals surface area contributed by atoms with Gasteiger partial charge in [-0.25, -0.2) is 4.98 Å². The van der Waals surface area contributed by atoms with E-state index in [9.17, 15) is 0 Å². The summed E-state index contributed by atoms with van der Waals surface area (Å²) in [5, 5.41) is 2.06. The van der Waals surface area contributed by atoms with Gasteiger partial charge in [-0.3, -0.25) is 4.40 Å². The molecule has 1 aromatic carbocycles. The Morgan fingerprint density at radius 1 is 1.24 bits per heavy atom. The zero-order chi connectivity index (χ0) is 15.0. The predicted octanol–water partition coefficient (Wildman–Crippen LogP) is 3.28. The number of benzene rings is 1. The molecular formula is C16H20N4S. The highest BCUT2D eigenvalue weighted by molar-refractivity contribution is 7.15. The molecule has 0 aliphatic carbocycles. The maximum Gasteiger partial charge on any atom is 0.195 e. The molecular weight excluding hydrogens is 280 g/mol. The Morgan fingerprint density at radius 2 is 1.95 bits per heavy atom. The second-order valence-corrected chi connectivity index (χ2v) is 6.25. The van der Waals surface area contributed by atoms with Gasteiger partial charge in [0.15, 0.2) is 10.8 Å². The average Bonchev–Trinajstić information content (AvgIpc) is 3.00. The second kappa shape index (κ2) is 5.50. The maximum atomic E-state index is 5.78. The molecule has 0 radical (unpaired) electrons. The molecule has 0 aliphatic heterocycles. The number of thiazole rings is 1. The van der Waals surface area contributed by atoms with Crippen LogP contribution in [0.1, 0.15) is 16.8 Å². The number of nitrogens with two attached hydrogens (primary N) is 1. The number of aromatic nitrogens is 2. The van der Waals surface area contributed by atoms with Gasteiger partial charge in [0.05, 0.1) is 5.69 Å². The van der Waals surface area contributed by atoms with Gasteiger partial charge in [-0.15, -0.1) is 11.3 Å². The van der Waals surface area contributed by atoms with Gasteiger partial charge in [0, 0.05) is 30.7 Å².